The average molecular weight is 339 g/mol. The van der Waals surface area contributed by atoms with E-state index in [0.29, 0.717) is 6.54 Å². The summed E-state index contributed by atoms with van der Waals surface area (Å²) >= 11 is 0. The minimum atomic E-state index is -0.652. The quantitative estimate of drug-likeness (QED) is 0.646. The fraction of sp³-hybridized carbons (Fsp3) is 0.421. The predicted molar refractivity (Wildman–Crippen MR) is 90.8 cm³/mol. The van der Waals surface area contributed by atoms with Crippen LogP contribution >= 0.6 is 0 Å². The normalized spacial score (nSPS) is 30.5. The second-order valence-corrected chi connectivity index (χ2v) is 7.03. The molecule has 4 rings (SSSR count). The van der Waals surface area contributed by atoms with Crippen molar-refractivity contribution in [2.24, 2.45) is 23.7 Å². The van der Waals surface area contributed by atoms with Crippen LogP contribution in [0.4, 0.5) is 4.79 Å². The van der Waals surface area contributed by atoms with Gasteiger partial charge in [-0.2, -0.15) is 0 Å². The minimum absolute atomic E-state index is 0.150. The third-order valence-electron chi connectivity index (χ3n) is 5.53. The Morgan fingerprint density at radius 2 is 1.72 bits per heavy atom. The highest BCUT2D eigenvalue weighted by Gasteiger charge is 2.60. The molecule has 0 radical (unpaired) electrons. The third-order valence-corrected chi connectivity index (χ3v) is 5.53. The first kappa shape index (κ1) is 15.9. The zero-order valence-electron chi connectivity index (χ0n) is 14.0. The fourth-order valence-corrected chi connectivity index (χ4v) is 4.39. The molecule has 1 heterocycles. The van der Waals surface area contributed by atoms with Crippen LogP contribution < -0.4 is 10.6 Å². The molecule has 6 heteroatoms. The molecule has 3 aliphatic rings. The third kappa shape index (κ3) is 2.62. The van der Waals surface area contributed by atoms with Crippen molar-refractivity contribution in [3.05, 3.63) is 48.0 Å². The highest BCUT2D eigenvalue weighted by Crippen LogP contribution is 2.52. The molecule has 5 atom stereocenters. The van der Waals surface area contributed by atoms with E-state index in [9.17, 15) is 14.4 Å². The summed E-state index contributed by atoms with van der Waals surface area (Å²) < 4.78 is 0. The van der Waals surface area contributed by atoms with Crippen LogP contribution in [0.2, 0.25) is 0 Å². The van der Waals surface area contributed by atoms with Gasteiger partial charge in [0.2, 0.25) is 11.8 Å². The van der Waals surface area contributed by atoms with Gasteiger partial charge in [0.25, 0.3) is 0 Å². The van der Waals surface area contributed by atoms with Gasteiger partial charge in [-0.3, -0.25) is 14.5 Å². The molecule has 2 aliphatic carbocycles. The number of imide groups is 1. The molecule has 25 heavy (non-hydrogen) atoms. The number of fused-ring (bicyclic) bond motifs is 5. The Kier molecular flexibility index (Phi) is 3.82. The lowest BCUT2D eigenvalue weighted by Gasteiger charge is -2.25. The van der Waals surface area contributed by atoms with Crippen LogP contribution in [0, 0.1) is 23.7 Å². The van der Waals surface area contributed by atoms with Gasteiger partial charge >= 0.3 is 6.03 Å². The molecular formula is C19H21N3O3. The zero-order valence-corrected chi connectivity index (χ0v) is 14.0. The minimum Gasteiger partial charge on any atom is -0.334 e. The first-order valence-electron chi connectivity index (χ1n) is 8.70. The van der Waals surface area contributed by atoms with E-state index in [-0.39, 0.29) is 35.5 Å². The van der Waals surface area contributed by atoms with Crippen molar-refractivity contribution < 1.29 is 14.4 Å². The maximum atomic E-state index is 12.7. The molecule has 4 amide bonds. The maximum absolute atomic E-state index is 12.7. The average Bonchev–Trinajstić information content (AvgIpc) is 3.28. The van der Waals surface area contributed by atoms with Crippen molar-refractivity contribution in [2.75, 3.05) is 0 Å². The van der Waals surface area contributed by atoms with E-state index >= 15 is 0 Å². The van der Waals surface area contributed by atoms with Crippen LogP contribution in [0.1, 0.15) is 18.9 Å². The molecule has 1 aromatic carbocycles. The Hall–Kier alpha value is -2.63. The number of hydrogen-bond donors (Lipinski definition) is 2. The second kappa shape index (κ2) is 6.02. The number of likely N-dealkylation sites (tertiary alicyclic amines) is 1. The summed E-state index contributed by atoms with van der Waals surface area (Å²) in [4.78, 5) is 38.7. The molecule has 2 N–H and O–H groups in total. The largest absolute Gasteiger partial charge is 0.334 e. The van der Waals surface area contributed by atoms with Crippen molar-refractivity contribution >= 4 is 17.8 Å². The van der Waals surface area contributed by atoms with Crippen molar-refractivity contribution in [3.63, 3.8) is 0 Å². The topological polar surface area (TPSA) is 78.5 Å². The maximum Gasteiger partial charge on any atom is 0.316 e. The molecule has 1 aliphatic heterocycles. The van der Waals surface area contributed by atoms with Gasteiger partial charge in [-0.05, 0) is 30.7 Å². The lowest BCUT2D eigenvalue weighted by atomic mass is 9.85. The van der Waals surface area contributed by atoms with Gasteiger partial charge in [0.1, 0.15) is 6.17 Å². The number of allylic oxidation sites excluding steroid dienone is 2. The highest BCUT2D eigenvalue weighted by atomic mass is 16.2. The van der Waals surface area contributed by atoms with E-state index in [0.717, 1.165) is 12.0 Å². The molecule has 2 bridgehead atoms. The van der Waals surface area contributed by atoms with Gasteiger partial charge in [0.15, 0.2) is 0 Å². The van der Waals surface area contributed by atoms with Crippen molar-refractivity contribution in [2.45, 2.75) is 26.1 Å². The Labute approximate surface area is 146 Å². The van der Waals surface area contributed by atoms with Crippen LogP contribution in [0.25, 0.3) is 0 Å². The molecule has 5 unspecified atom stereocenters. The molecule has 1 aromatic rings. The van der Waals surface area contributed by atoms with E-state index in [4.69, 9.17) is 0 Å². The number of rotatable bonds is 4. The van der Waals surface area contributed by atoms with E-state index in [1.807, 2.05) is 30.3 Å². The molecule has 0 aromatic heterocycles. The Morgan fingerprint density at radius 3 is 2.32 bits per heavy atom. The summed E-state index contributed by atoms with van der Waals surface area (Å²) in [6, 6.07) is 9.16. The van der Waals surface area contributed by atoms with E-state index in [1.165, 1.54) is 4.90 Å². The molecule has 2 fully saturated rings. The summed E-state index contributed by atoms with van der Waals surface area (Å²) in [6.07, 6.45) is 4.37. The van der Waals surface area contributed by atoms with Gasteiger partial charge in [-0.1, -0.05) is 42.5 Å². The lowest BCUT2D eigenvalue weighted by Crippen LogP contribution is -2.52. The van der Waals surface area contributed by atoms with E-state index in [1.54, 1.807) is 6.92 Å². The SMILES string of the molecule is CC(NC(=O)NCc1ccccc1)N1C(=O)C2C3C=CC(C3)C2C1=O. The number of hydrogen-bond acceptors (Lipinski definition) is 3. The number of amides is 4. The second-order valence-electron chi connectivity index (χ2n) is 7.03. The van der Waals surface area contributed by atoms with Crippen LogP contribution in [0.15, 0.2) is 42.5 Å². The standard InChI is InChI=1S/C19H21N3O3/c1-11(21-19(25)20-10-12-5-3-2-4-6-12)22-17(23)15-13-7-8-14(9-13)16(15)18(22)24/h2-8,11,13-16H,9-10H2,1H3,(H2,20,21,25). The number of nitrogens with one attached hydrogen (secondary N) is 2. The summed E-state index contributed by atoms with van der Waals surface area (Å²) in [5, 5.41) is 5.46. The van der Waals surface area contributed by atoms with E-state index in [2.05, 4.69) is 22.8 Å². The fourth-order valence-electron chi connectivity index (χ4n) is 4.39. The van der Waals surface area contributed by atoms with Gasteiger partial charge < -0.3 is 10.6 Å². The van der Waals surface area contributed by atoms with Crippen molar-refractivity contribution in [3.8, 4) is 0 Å². The summed E-state index contributed by atoms with van der Waals surface area (Å²) in [5.74, 6) is -0.421. The number of carbonyl (C=O) groups excluding carboxylic acids is 3. The van der Waals surface area contributed by atoms with E-state index < -0.39 is 12.2 Å². The molecule has 6 nitrogen and oxygen atoms in total. The Bertz CT molecular complexity index is 716. The molecule has 0 spiro atoms. The van der Waals surface area contributed by atoms with Gasteiger partial charge in [-0.15, -0.1) is 0 Å². The number of urea groups is 1. The Morgan fingerprint density at radius 1 is 1.12 bits per heavy atom. The molecular weight excluding hydrogens is 318 g/mol. The monoisotopic (exact) mass is 339 g/mol. The summed E-state index contributed by atoms with van der Waals surface area (Å²) in [6.45, 7) is 2.06. The summed E-state index contributed by atoms with van der Waals surface area (Å²) in [5.41, 5.74) is 0.982. The molecule has 130 valence electrons. The first-order valence-corrected chi connectivity index (χ1v) is 8.70. The number of nitrogens with zero attached hydrogens (tertiary/aromatic N) is 1. The smallest absolute Gasteiger partial charge is 0.316 e. The lowest BCUT2D eigenvalue weighted by molar-refractivity contribution is -0.143. The van der Waals surface area contributed by atoms with Gasteiger partial charge in [0, 0.05) is 6.54 Å². The first-order chi connectivity index (χ1) is 12.1. The highest BCUT2D eigenvalue weighted by molar-refractivity contribution is 6.06. The molecule has 1 saturated heterocycles. The van der Waals surface area contributed by atoms with Crippen LogP contribution in [0.5, 0.6) is 0 Å². The van der Waals surface area contributed by atoms with Crippen LogP contribution in [0.3, 0.4) is 0 Å². The number of carbonyl (C=O) groups is 3. The van der Waals surface area contributed by atoms with Crippen LogP contribution in [-0.2, 0) is 16.1 Å². The summed E-state index contributed by atoms with van der Waals surface area (Å²) in [7, 11) is 0. The van der Waals surface area contributed by atoms with Gasteiger partial charge in [0.05, 0.1) is 11.8 Å². The van der Waals surface area contributed by atoms with Crippen molar-refractivity contribution in [1.82, 2.24) is 15.5 Å². The molecule has 1 saturated carbocycles. The zero-order chi connectivity index (χ0) is 17.6. The predicted octanol–water partition coefficient (Wildman–Crippen LogP) is 1.64. The van der Waals surface area contributed by atoms with Gasteiger partial charge in [-0.25, -0.2) is 4.79 Å². The van der Waals surface area contributed by atoms with Crippen molar-refractivity contribution in [1.29, 1.82) is 0 Å². The number of benzene rings is 1. The Balaban J connectivity index is 1.37. The van der Waals surface area contributed by atoms with Crippen LogP contribution in [-0.4, -0.2) is 28.9 Å².